The summed E-state index contributed by atoms with van der Waals surface area (Å²) in [5, 5.41) is 8.32. The molecule has 0 bridgehead atoms. The van der Waals surface area contributed by atoms with Crippen molar-refractivity contribution in [1.29, 1.82) is 0 Å². The topological polar surface area (TPSA) is 63.3 Å². The third-order valence-corrected chi connectivity index (χ3v) is 1.12. The van der Waals surface area contributed by atoms with Crippen LogP contribution in [0, 0.1) is 0 Å². The molecule has 1 unspecified atom stereocenters. The van der Waals surface area contributed by atoms with Crippen LogP contribution in [0.25, 0.3) is 0 Å². The first-order valence-corrected chi connectivity index (χ1v) is 3.22. The van der Waals surface area contributed by atoms with E-state index in [1.54, 1.807) is 0 Å². The van der Waals surface area contributed by atoms with Gasteiger partial charge in [-0.2, -0.15) is 12.6 Å². The van der Waals surface area contributed by atoms with E-state index in [-0.39, 0.29) is 5.25 Å². The highest BCUT2D eigenvalue weighted by atomic mass is 32.1. The largest absolute Gasteiger partial charge is 0.480 e. The highest BCUT2D eigenvalue weighted by molar-refractivity contribution is 7.80. The Morgan fingerprint density at radius 2 is 2.33 bits per heavy atom. The summed E-state index contributed by atoms with van der Waals surface area (Å²) in [6.45, 7) is 1.81. The van der Waals surface area contributed by atoms with E-state index in [0.717, 1.165) is 0 Å². The number of carbonyl (C=O) groups is 1. The predicted molar refractivity (Wildman–Crippen MR) is 38.7 cm³/mol. The number of hydrogen-bond donors (Lipinski definition) is 3. The molecule has 4 heteroatoms. The smallest absolute Gasteiger partial charge is 0.320 e. The Morgan fingerprint density at radius 1 is 1.89 bits per heavy atom. The SMILES string of the molecule is CC(S)C[C@H](N)C(=O)O. The molecule has 9 heavy (non-hydrogen) atoms. The zero-order valence-electron chi connectivity index (χ0n) is 5.24. The van der Waals surface area contributed by atoms with Gasteiger partial charge < -0.3 is 10.8 Å². The van der Waals surface area contributed by atoms with E-state index in [4.69, 9.17) is 10.8 Å². The molecule has 0 fully saturated rings. The van der Waals surface area contributed by atoms with Gasteiger partial charge in [0.15, 0.2) is 0 Å². The van der Waals surface area contributed by atoms with Gasteiger partial charge in [0.05, 0.1) is 0 Å². The molecule has 0 aromatic rings. The average Bonchev–Trinajstić information content (AvgIpc) is 1.63. The zero-order valence-corrected chi connectivity index (χ0v) is 6.14. The van der Waals surface area contributed by atoms with Crippen LogP contribution in [0.1, 0.15) is 13.3 Å². The maximum atomic E-state index is 10.1. The number of thiol groups is 1. The van der Waals surface area contributed by atoms with Crippen LogP contribution in [0.3, 0.4) is 0 Å². The number of rotatable bonds is 3. The molecule has 0 rings (SSSR count). The summed E-state index contributed by atoms with van der Waals surface area (Å²) >= 11 is 3.99. The van der Waals surface area contributed by atoms with Gasteiger partial charge >= 0.3 is 5.97 Å². The van der Waals surface area contributed by atoms with Crippen molar-refractivity contribution < 1.29 is 9.90 Å². The van der Waals surface area contributed by atoms with E-state index < -0.39 is 12.0 Å². The molecular weight excluding hydrogens is 138 g/mol. The minimum Gasteiger partial charge on any atom is -0.480 e. The second kappa shape index (κ2) is 3.74. The first-order chi connectivity index (χ1) is 4.04. The first kappa shape index (κ1) is 8.78. The fourth-order valence-electron chi connectivity index (χ4n) is 0.468. The van der Waals surface area contributed by atoms with Crippen molar-refractivity contribution in [3.63, 3.8) is 0 Å². The third kappa shape index (κ3) is 4.29. The van der Waals surface area contributed by atoms with E-state index in [2.05, 4.69) is 12.6 Å². The fourth-order valence-corrected chi connectivity index (χ4v) is 0.695. The number of carboxylic acids is 1. The van der Waals surface area contributed by atoms with Crippen molar-refractivity contribution in [2.45, 2.75) is 24.6 Å². The van der Waals surface area contributed by atoms with Crippen LogP contribution in [-0.2, 0) is 4.79 Å². The molecule has 54 valence electrons. The standard InChI is InChI=1S/C5H11NO2S/c1-3(9)2-4(6)5(7)8/h3-4,9H,2,6H2,1H3,(H,7,8)/t3?,4-/m0/s1. The normalized spacial score (nSPS) is 16.8. The van der Waals surface area contributed by atoms with Gasteiger partial charge in [-0.3, -0.25) is 4.79 Å². The second-order valence-electron chi connectivity index (χ2n) is 2.03. The number of carboxylic acid groups (broad SMARTS) is 1. The monoisotopic (exact) mass is 149 g/mol. The summed E-state index contributed by atoms with van der Waals surface area (Å²) in [7, 11) is 0. The van der Waals surface area contributed by atoms with Gasteiger partial charge in [0.25, 0.3) is 0 Å². The van der Waals surface area contributed by atoms with Crippen LogP contribution in [0.4, 0.5) is 0 Å². The molecule has 0 amide bonds. The van der Waals surface area contributed by atoms with Crippen molar-refractivity contribution >= 4 is 18.6 Å². The fraction of sp³-hybridized carbons (Fsp3) is 0.800. The van der Waals surface area contributed by atoms with Gasteiger partial charge in [0.2, 0.25) is 0 Å². The molecule has 0 spiro atoms. The predicted octanol–water partition coefficient (Wildman–Crippen LogP) is 0.107. The van der Waals surface area contributed by atoms with Gasteiger partial charge in [-0.15, -0.1) is 0 Å². The van der Waals surface area contributed by atoms with E-state index in [1.165, 1.54) is 0 Å². The molecule has 2 atom stereocenters. The van der Waals surface area contributed by atoms with Crippen molar-refractivity contribution in [1.82, 2.24) is 0 Å². The van der Waals surface area contributed by atoms with E-state index >= 15 is 0 Å². The molecule has 0 aliphatic rings. The third-order valence-electron chi connectivity index (χ3n) is 0.912. The molecule has 3 N–H and O–H groups in total. The van der Waals surface area contributed by atoms with Crippen molar-refractivity contribution in [2.24, 2.45) is 5.73 Å². The lowest BCUT2D eigenvalue weighted by atomic mass is 10.2. The lowest BCUT2D eigenvalue weighted by Crippen LogP contribution is -2.31. The summed E-state index contributed by atoms with van der Waals surface area (Å²) in [6, 6.07) is -0.766. The number of aliphatic carboxylic acids is 1. The molecule has 0 radical (unpaired) electrons. The van der Waals surface area contributed by atoms with Crippen LogP contribution in [0.15, 0.2) is 0 Å². The quantitative estimate of drug-likeness (QED) is 0.499. The Labute approximate surface area is 59.6 Å². The number of nitrogens with two attached hydrogens (primary N) is 1. The van der Waals surface area contributed by atoms with E-state index in [1.807, 2.05) is 6.92 Å². The Kier molecular flexibility index (Phi) is 3.65. The Balaban J connectivity index is 3.50. The summed E-state index contributed by atoms with van der Waals surface area (Å²) < 4.78 is 0. The van der Waals surface area contributed by atoms with E-state index in [9.17, 15) is 4.79 Å². The summed E-state index contributed by atoms with van der Waals surface area (Å²) in [5.74, 6) is -0.962. The highest BCUT2D eigenvalue weighted by Crippen LogP contribution is 2.01. The summed E-state index contributed by atoms with van der Waals surface area (Å²) in [4.78, 5) is 10.1. The van der Waals surface area contributed by atoms with Crippen LogP contribution in [0.2, 0.25) is 0 Å². The van der Waals surface area contributed by atoms with Crippen LogP contribution >= 0.6 is 12.6 Å². The zero-order chi connectivity index (χ0) is 7.44. The maximum Gasteiger partial charge on any atom is 0.320 e. The van der Waals surface area contributed by atoms with Crippen molar-refractivity contribution in [3.8, 4) is 0 Å². The minimum atomic E-state index is -0.962. The second-order valence-corrected chi connectivity index (χ2v) is 2.91. The minimum absolute atomic E-state index is 0.0519. The molecule has 0 aliphatic heterocycles. The molecule has 0 saturated heterocycles. The van der Waals surface area contributed by atoms with Crippen molar-refractivity contribution in [2.75, 3.05) is 0 Å². The van der Waals surface area contributed by atoms with Gasteiger partial charge in [-0.25, -0.2) is 0 Å². The van der Waals surface area contributed by atoms with Gasteiger partial charge in [0.1, 0.15) is 6.04 Å². The molecule has 0 heterocycles. The molecule has 0 aromatic heterocycles. The van der Waals surface area contributed by atoms with Crippen LogP contribution in [-0.4, -0.2) is 22.4 Å². The molecular formula is C5H11NO2S. The highest BCUT2D eigenvalue weighted by Gasteiger charge is 2.12. The molecule has 3 nitrogen and oxygen atoms in total. The van der Waals surface area contributed by atoms with Gasteiger partial charge in [-0.1, -0.05) is 6.92 Å². The summed E-state index contributed by atoms with van der Waals surface area (Å²) in [6.07, 6.45) is 0.415. The Hall–Kier alpha value is -0.220. The lowest BCUT2D eigenvalue weighted by Gasteiger charge is -2.06. The van der Waals surface area contributed by atoms with Gasteiger partial charge in [-0.05, 0) is 6.42 Å². The lowest BCUT2D eigenvalue weighted by molar-refractivity contribution is -0.138. The molecule has 0 aliphatic carbocycles. The summed E-state index contributed by atoms with van der Waals surface area (Å²) in [5.41, 5.74) is 5.17. The van der Waals surface area contributed by atoms with Crippen molar-refractivity contribution in [3.05, 3.63) is 0 Å². The van der Waals surface area contributed by atoms with Crippen LogP contribution in [0.5, 0.6) is 0 Å². The first-order valence-electron chi connectivity index (χ1n) is 2.70. The van der Waals surface area contributed by atoms with Crippen LogP contribution < -0.4 is 5.73 Å². The average molecular weight is 149 g/mol. The van der Waals surface area contributed by atoms with Gasteiger partial charge in [0, 0.05) is 5.25 Å². The Bertz CT molecular complexity index is 105. The molecule has 0 saturated carbocycles. The number of hydrogen-bond acceptors (Lipinski definition) is 3. The van der Waals surface area contributed by atoms with E-state index in [0.29, 0.717) is 6.42 Å². The molecule has 0 aromatic carbocycles. The Morgan fingerprint density at radius 3 is 2.44 bits per heavy atom. The maximum absolute atomic E-state index is 10.1.